The average Bonchev–Trinajstić information content (AvgIpc) is 2.26. The molecule has 0 bridgehead atoms. The van der Waals surface area contributed by atoms with Gasteiger partial charge in [0.15, 0.2) is 0 Å². The van der Waals surface area contributed by atoms with E-state index in [4.69, 9.17) is 4.74 Å². The standard InChI is InChI=1S/C14H25NO2/c1-6-11(2)12-7-9-15(10-8-12)13(16)17-14(3,4)5/h6,12H,7-10H2,1-5H3/b11-6+. The van der Waals surface area contributed by atoms with Crippen LogP contribution in [0.25, 0.3) is 0 Å². The van der Waals surface area contributed by atoms with Gasteiger partial charge in [-0.3, -0.25) is 0 Å². The van der Waals surface area contributed by atoms with Crippen LogP contribution in [0.1, 0.15) is 47.5 Å². The molecule has 0 radical (unpaired) electrons. The van der Waals surface area contributed by atoms with E-state index >= 15 is 0 Å². The van der Waals surface area contributed by atoms with E-state index in [1.54, 1.807) is 0 Å². The quantitative estimate of drug-likeness (QED) is 0.654. The summed E-state index contributed by atoms with van der Waals surface area (Å²) in [4.78, 5) is 13.7. The molecule has 1 fully saturated rings. The molecule has 3 nitrogen and oxygen atoms in total. The highest BCUT2D eigenvalue weighted by molar-refractivity contribution is 5.68. The summed E-state index contributed by atoms with van der Waals surface area (Å²) in [6, 6.07) is 0. The number of carbonyl (C=O) groups excluding carboxylic acids is 1. The van der Waals surface area contributed by atoms with Crippen LogP contribution in [0.3, 0.4) is 0 Å². The van der Waals surface area contributed by atoms with Gasteiger partial charge in [0.05, 0.1) is 0 Å². The molecule has 1 saturated heterocycles. The fourth-order valence-electron chi connectivity index (χ4n) is 2.08. The second-order valence-corrected chi connectivity index (χ2v) is 5.77. The Morgan fingerprint density at radius 2 is 1.82 bits per heavy atom. The minimum Gasteiger partial charge on any atom is -0.444 e. The molecule has 17 heavy (non-hydrogen) atoms. The lowest BCUT2D eigenvalue weighted by Gasteiger charge is -2.33. The van der Waals surface area contributed by atoms with E-state index in [2.05, 4.69) is 19.9 Å². The van der Waals surface area contributed by atoms with Crippen LogP contribution < -0.4 is 0 Å². The fraction of sp³-hybridized carbons (Fsp3) is 0.786. The minimum absolute atomic E-state index is 0.172. The lowest BCUT2D eigenvalue weighted by atomic mass is 9.90. The maximum Gasteiger partial charge on any atom is 0.410 e. The number of likely N-dealkylation sites (tertiary alicyclic amines) is 1. The lowest BCUT2D eigenvalue weighted by molar-refractivity contribution is 0.0194. The largest absolute Gasteiger partial charge is 0.444 e. The topological polar surface area (TPSA) is 29.5 Å². The Kier molecular flexibility index (Phi) is 4.61. The predicted octanol–water partition coefficient (Wildman–Crippen LogP) is 3.60. The molecule has 0 spiro atoms. The van der Waals surface area contributed by atoms with Crippen molar-refractivity contribution in [1.82, 2.24) is 4.90 Å². The number of nitrogens with zero attached hydrogens (tertiary/aromatic N) is 1. The Morgan fingerprint density at radius 1 is 1.29 bits per heavy atom. The molecule has 0 aromatic rings. The van der Waals surface area contributed by atoms with Gasteiger partial charge in [-0.1, -0.05) is 11.6 Å². The second-order valence-electron chi connectivity index (χ2n) is 5.77. The van der Waals surface area contributed by atoms with E-state index in [1.165, 1.54) is 5.57 Å². The first-order chi connectivity index (χ1) is 7.83. The summed E-state index contributed by atoms with van der Waals surface area (Å²) in [7, 11) is 0. The molecule has 1 heterocycles. The van der Waals surface area contributed by atoms with Gasteiger partial charge in [0.2, 0.25) is 0 Å². The van der Waals surface area contributed by atoms with Crippen LogP contribution in [0.4, 0.5) is 4.79 Å². The highest BCUT2D eigenvalue weighted by Gasteiger charge is 2.26. The van der Waals surface area contributed by atoms with Crippen LogP contribution in [-0.4, -0.2) is 29.7 Å². The van der Waals surface area contributed by atoms with Crippen molar-refractivity contribution < 1.29 is 9.53 Å². The molecule has 0 N–H and O–H groups in total. The first-order valence-electron chi connectivity index (χ1n) is 6.44. The van der Waals surface area contributed by atoms with E-state index in [9.17, 15) is 4.79 Å². The van der Waals surface area contributed by atoms with E-state index < -0.39 is 5.60 Å². The van der Waals surface area contributed by atoms with Gasteiger partial charge in [-0.2, -0.15) is 0 Å². The SMILES string of the molecule is C/C=C(\C)C1CCN(C(=O)OC(C)(C)C)CC1. The highest BCUT2D eigenvalue weighted by atomic mass is 16.6. The van der Waals surface area contributed by atoms with Crippen molar-refractivity contribution >= 4 is 6.09 Å². The zero-order chi connectivity index (χ0) is 13.1. The second kappa shape index (κ2) is 5.56. The number of amides is 1. The number of carbonyl (C=O) groups is 1. The van der Waals surface area contributed by atoms with Crippen molar-refractivity contribution in [3.05, 3.63) is 11.6 Å². The molecule has 1 amide bonds. The number of rotatable bonds is 1. The zero-order valence-corrected chi connectivity index (χ0v) is 11.7. The van der Waals surface area contributed by atoms with Crippen molar-refractivity contribution in [2.75, 3.05) is 13.1 Å². The molecular formula is C14H25NO2. The van der Waals surface area contributed by atoms with Crippen LogP contribution in [0, 0.1) is 5.92 Å². The van der Waals surface area contributed by atoms with E-state index in [-0.39, 0.29) is 6.09 Å². The number of hydrogen-bond donors (Lipinski definition) is 0. The predicted molar refractivity (Wildman–Crippen MR) is 70.0 cm³/mol. The van der Waals surface area contributed by atoms with E-state index in [1.807, 2.05) is 25.7 Å². The average molecular weight is 239 g/mol. The Labute approximate surface area is 105 Å². The normalized spacial score (nSPS) is 19.4. The van der Waals surface area contributed by atoms with Gasteiger partial charge < -0.3 is 9.64 Å². The first kappa shape index (κ1) is 14.1. The van der Waals surface area contributed by atoms with Crippen LogP contribution >= 0.6 is 0 Å². The molecule has 0 saturated carbocycles. The third kappa shape index (κ3) is 4.41. The van der Waals surface area contributed by atoms with Crippen LogP contribution in [0.2, 0.25) is 0 Å². The van der Waals surface area contributed by atoms with Gasteiger partial charge in [0.1, 0.15) is 5.60 Å². The third-order valence-corrected chi connectivity index (χ3v) is 3.25. The molecule has 98 valence electrons. The van der Waals surface area contributed by atoms with Crippen molar-refractivity contribution in [2.24, 2.45) is 5.92 Å². The number of allylic oxidation sites excluding steroid dienone is 2. The monoisotopic (exact) mass is 239 g/mol. The van der Waals surface area contributed by atoms with E-state index in [0.717, 1.165) is 25.9 Å². The summed E-state index contributed by atoms with van der Waals surface area (Å²) in [5, 5.41) is 0. The van der Waals surface area contributed by atoms with Gasteiger partial charge in [-0.25, -0.2) is 4.79 Å². The first-order valence-corrected chi connectivity index (χ1v) is 6.44. The zero-order valence-electron chi connectivity index (χ0n) is 11.7. The molecular weight excluding hydrogens is 214 g/mol. The van der Waals surface area contributed by atoms with Gasteiger partial charge in [-0.05, 0) is 53.4 Å². The lowest BCUT2D eigenvalue weighted by Crippen LogP contribution is -2.41. The summed E-state index contributed by atoms with van der Waals surface area (Å²) in [5.74, 6) is 0.638. The Balaban J connectivity index is 2.44. The van der Waals surface area contributed by atoms with Gasteiger partial charge in [0, 0.05) is 13.1 Å². The summed E-state index contributed by atoms with van der Waals surface area (Å²) in [6.45, 7) is 11.6. The molecule has 1 aliphatic heterocycles. The molecule has 1 aliphatic rings. The Morgan fingerprint density at radius 3 is 2.24 bits per heavy atom. The van der Waals surface area contributed by atoms with Crippen LogP contribution in [0.15, 0.2) is 11.6 Å². The molecule has 0 aliphatic carbocycles. The van der Waals surface area contributed by atoms with Crippen molar-refractivity contribution in [2.45, 2.75) is 53.1 Å². The molecule has 0 aromatic heterocycles. The van der Waals surface area contributed by atoms with E-state index in [0.29, 0.717) is 5.92 Å². The molecule has 0 atom stereocenters. The third-order valence-electron chi connectivity index (χ3n) is 3.25. The highest BCUT2D eigenvalue weighted by Crippen LogP contribution is 2.25. The smallest absolute Gasteiger partial charge is 0.410 e. The van der Waals surface area contributed by atoms with Crippen molar-refractivity contribution in [1.29, 1.82) is 0 Å². The van der Waals surface area contributed by atoms with Gasteiger partial charge in [0.25, 0.3) is 0 Å². The number of ether oxygens (including phenoxy) is 1. The van der Waals surface area contributed by atoms with Crippen LogP contribution in [0.5, 0.6) is 0 Å². The Bertz CT molecular complexity index is 294. The molecule has 3 heteroatoms. The number of hydrogen-bond acceptors (Lipinski definition) is 2. The maximum atomic E-state index is 11.8. The minimum atomic E-state index is -0.396. The molecule has 0 unspecified atom stereocenters. The summed E-state index contributed by atoms with van der Waals surface area (Å²) in [5.41, 5.74) is 1.04. The molecule has 1 rings (SSSR count). The van der Waals surface area contributed by atoms with Gasteiger partial charge in [-0.15, -0.1) is 0 Å². The van der Waals surface area contributed by atoms with Gasteiger partial charge >= 0.3 is 6.09 Å². The van der Waals surface area contributed by atoms with Crippen molar-refractivity contribution in [3.8, 4) is 0 Å². The summed E-state index contributed by atoms with van der Waals surface area (Å²) >= 11 is 0. The molecule has 0 aromatic carbocycles. The van der Waals surface area contributed by atoms with Crippen LogP contribution in [-0.2, 0) is 4.74 Å². The number of piperidine rings is 1. The fourth-order valence-corrected chi connectivity index (χ4v) is 2.08. The Hall–Kier alpha value is -0.990. The van der Waals surface area contributed by atoms with Crippen molar-refractivity contribution in [3.63, 3.8) is 0 Å². The maximum absolute atomic E-state index is 11.8. The summed E-state index contributed by atoms with van der Waals surface area (Å²) in [6.07, 6.45) is 4.10. The summed E-state index contributed by atoms with van der Waals surface area (Å²) < 4.78 is 5.37.